The maximum absolute atomic E-state index is 4.32. The summed E-state index contributed by atoms with van der Waals surface area (Å²) in [5.74, 6) is 3.55. The van der Waals surface area contributed by atoms with Gasteiger partial charge in [0.1, 0.15) is 5.82 Å². The third-order valence-electron chi connectivity index (χ3n) is 2.28. The average Bonchev–Trinajstić information content (AvgIpc) is 2.61. The standard InChI is InChI=1S/C10H14N2S/c1-8-3-2-5-11-10(8)12-9-4-6-13-7-9/h2-3,5,9H,4,6-7H2,1H3,(H,11,12). The van der Waals surface area contributed by atoms with Crippen LogP contribution in [0.25, 0.3) is 0 Å². The normalized spacial score (nSPS) is 21.8. The summed E-state index contributed by atoms with van der Waals surface area (Å²) in [6.07, 6.45) is 3.11. The summed E-state index contributed by atoms with van der Waals surface area (Å²) in [5.41, 5.74) is 1.24. The van der Waals surface area contributed by atoms with Crippen LogP contribution in [0, 0.1) is 6.92 Å². The van der Waals surface area contributed by atoms with Gasteiger partial charge in [-0.3, -0.25) is 0 Å². The van der Waals surface area contributed by atoms with E-state index in [1.807, 2.05) is 24.0 Å². The molecule has 0 amide bonds. The summed E-state index contributed by atoms with van der Waals surface area (Å²) in [4.78, 5) is 4.32. The van der Waals surface area contributed by atoms with E-state index >= 15 is 0 Å². The van der Waals surface area contributed by atoms with Crippen molar-refractivity contribution in [3.05, 3.63) is 23.9 Å². The maximum atomic E-state index is 4.32. The molecule has 0 aliphatic carbocycles. The van der Waals surface area contributed by atoms with Crippen LogP contribution in [-0.4, -0.2) is 22.5 Å². The zero-order chi connectivity index (χ0) is 9.10. The summed E-state index contributed by atoms with van der Waals surface area (Å²) in [5, 5.41) is 3.48. The molecule has 0 radical (unpaired) electrons. The molecule has 2 rings (SSSR count). The molecular weight excluding hydrogens is 180 g/mol. The third-order valence-corrected chi connectivity index (χ3v) is 3.44. The monoisotopic (exact) mass is 194 g/mol. The Bertz CT molecular complexity index is 282. The van der Waals surface area contributed by atoms with Gasteiger partial charge in [0.25, 0.3) is 0 Å². The molecule has 3 heteroatoms. The Morgan fingerprint density at radius 2 is 2.54 bits per heavy atom. The van der Waals surface area contributed by atoms with E-state index in [1.54, 1.807) is 0 Å². The molecule has 1 unspecified atom stereocenters. The van der Waals surface area contributed by atoms with E-state index in [4.69, 9.17) is 0 Å². The van der Waals surface area contributed by atoms with Gasteiger partial charge in [-0.05, 0) is 30.7 Å². The zero-order valence-electron chi connectivity index (χ0n) is 7.79. The lowest BCUT2D eigenvalue weighted by Crippen LogP contribution is -2.19. The summed E-state index contributed by atoms with van der Waals surface area (Å²) >= 11 is 2.02. The number of nitrogens with zero attached hydrogens (tertiary/aromatic N) is 1. The van der Waals surface area contributed by atoms with Crippen molar-refractivity contribution >= 4 is 17.6 Å². The fourth-order valence-electron chi connectivity index (χ4n) is 1.48. The first-order chi connectivity index (χ1) is 6.36. The van der Waals surface area contributed by atoms with E-state index in [9.17, 15) is 0 Å². The number of pyridine rings is 1. The molecule has 0 saturated carbocycles. The van der Waals surface area contributed by atoms with Gasteiger partial charge in [0.2, 0.25) is 0 Å². The van der Waals surface area contributed by atoms with Crippen molar-refractivity contribution in [3.63, 3.8) is 0 Å². The van der Waals surface area contributed by atoms with Crippen LogP contribution < -0.4 is 5.32 Å². The fraction of sp³-hybridized carbons (Fsp3) is 0.500. The molecule has 1 aliphatic rings. The quantitative estimate of drug-likeness (QED) is 0.782. The molecule has 1 aromatic rings. The van der Waals surface area contributed by atoms with E-state index in [2.05, 4.69) is 23.3 Å². The molecule has 1 saturated heterocycles. The number of thioether (sulfide) groups is 1. The van der Waals surface area contributed by atoms with Gasteiger partial charge in [-0.1, -0.05) is 6.07 Å². The average molecular weight is 194 g/mol. The minimum atomic E-state index is 0.624. The molecule has 1 fully saturated rings. The van der Waals surface area contributed by atoms with Crippen LogP contribution >= 0.6 is 11.8 Å². The molecule has 1 atom stereocenters. The molecular formula is C10H14N2S. The lowest BCUT2D eigenvalue weighted by atomic mass is 10.2. The SMILES string of the molecule is Cc1cccnc1NC1CCSC1. The Morgan fingerprint density at radius 1 is 1.62 bits per heavy atom. The lowest BCUT2D eigenvalue weighted by molar-refractivity contribution is 0.805. The number of rotatable bonds is 2. The number of aromatic nitrogens is 1. The first kappa shape index (κ1) is 8.88. The van der Waals surface area contributed by atoms with Gasteiger partial charge in [0.05, 0.1) is 0 Å². The highest BCUT2D eigenvalue weighted by molar-refractivity contribution is 7.99. The van der Waals surface area contributed by atoms with E-state index in [0.29, 0.717) is 6.04 Å². The number of aryl methyl sites for hydroxylation is 1. The fourth-order valence-corrected chi connectivity index (χ4v) is 2.63. The molecule has 0 bridgehead atoms. The highest BCUT2D eigenvalue weighted by Gasteiger charge is 2.15. The van der Waals surface area contributed by atoms with Gasteiger partial charge in [-0.25, -0.2) is 4.98 Å². The zero-order valence-corrected chi connectivity index (χ0v) is 8.60. The predicted molar refractivity (Wildman–Crippen MR) is 58.3 cm³/mol. The smallest absolute Gasteiger partial charge is 0.129 e. The first-order valence-corrected chi connectivity index (χ1v) is 5.77. The van der Waals surface area contributed by atoms with Crippen LogP contribution in [0.3, 0.4) is 0 Å². The number of anilines is 1. The summed E-state index contributed by atoms with van der Waals surface area (Å²) in [6, 6.07) is 4.69. The summed E-state index contributed by atoms with van der Waals surface area (Å²) in [7, 11) is 0. The summed E-state index contributed by atoms with van der Waals surface area (Å²) < 4.78 is 0. The van der Waals surface area contributed by atoms with Crippen molar-refractivity contribution < 1.29 is 0 Å². The highest BCUT2D eigenvalue weighted by Crippen LogP contribution is 2.21. The maximum Gasteiger partial charge on any atom is 0.129 e. The van der Waals surface area contributed by atoms with Crippen LogP contribution in [0.5, 0.6) is 0 Å². The van der Waals surface area contributed by atoms with Gasteiger partial charge in [0, 0.05) is 18.0 Å². The van der Waals surface area contributed by atoms with E-state index in [-0.39, 0.29) is 0 Å². The lowest BCUT2D eigenvalue weighted by Gasteiger charge is -2.13. The first-order valence-electron chi connectivity index (χ1n) is 4.62. The van der Waals surface area contributed by atoms with Gasteiger partial charge in [0.15, 0.2) is 0 Å². The summed E-state index contributed by atoms with van der Waals surface area (Å²) in [6.45, 7) is 2.09. The largest absolute Gasteiger partial charge is 0.366 e. The van der Waals surface area contributed by atoms with E-state index in [0.717, 1.165) is 5.82 Å². The van der Waals surface area contributed by atoms with Crippen molar-refractivity contribution in [2.75, 3.05) is 16.8 Å². The van der Waals surface area contributed by atoms with Gasteiger partial charge < -0.3 is 5.32 Å². The molecule has 0 aromatic carbocycles. The number of nitrogens with one attached hydrogen (secondary N) is 1. The minimum Gasteiger partial charge on any atom is -0.366 e. The molecule has 70 valence electrons. The highest BCUT2D eigenvalue weighted by atomic mass is 32.2. The van der Waals surface area contributed by atoms with Crippen molar-refractivity contribution in [3.8, 4) is 0 Å². The number of hydrogen-bond acceptors (Lipinski definition) is 3. The van der Waals surface area contributed by atoms with Crippen LogP contribution in [0.2, 0.25) is 0 Å². The number of hydrogen-bond donors (Lipinski definition) is 1. The Labute approximate surface area is 83.1 Å². The van der Waals surface area contributed by atoms with E-state index in [1.165, 1.54) is 23.5 Å². The Balaban J connectivity index is 2.04. The predicted octanol–water partition coefficient (Wildman–Crippen LogP) is 2.31. The van der Waals surface area contributed by atoms with Crippen LogP contribution in [0.15, 0.2) is 18.3 Å². The van der Waals surface area contributed by atoms with Crippen LogP contribution in [0.4, 0.5) is 5.82 Å². The Hall–Kier alpha value is -0.700. The van der Waals surface area contributed by atoms with Crippen LogP contribution in [0.1, 0.15) is 12.0 Å². The van der Waals surface area contributed by atoms with Crippen molar-refractivity contribution in [2.24, 2.45) is 0 Å². The molecule has 1 N–H and O–H groups in total. The molecule has 2 nitrogen and oxygen atoms in total. The van der Waals surface area contributed by atoms with E-state index < -0.39 is 0 Å². The molecule has 13 heavy (non-hydrogen) atoms. The van der Waals surface area contributed by atoms with Crippen molar-refractivity contribution in [2.45, 2.75) is 19.4 Å². The second-order valence-corrected chi connectivity index (χ2v) is 4.52. The molecule has 0 spiro atoms. The Kier molecular flexibility index (Phi) is 2.74. The van der Waals surface area contributed by atoms with Gasteiger partial charge in [-0.15, -0.1) is 0 Å². The van der Waals surface area contributed by atoms with Gasteiger partial charge >= 0.3 is 0 Å². The van der Waals surface area contributed by atoms with Gasteiger partial charge in [-0.2, -0.15) is 11.8 Å². The second kappa shape index (κ2) is 4.01. The molecule has 1 aromatic heterocycles. The second-order valence-electron chi connectivity index (χ2n) is 3.37. The minimum absolute atomic E-state index is 0.624. The molecule has 1 aliphatic heterocycles. The van der Waals surface area contributed by atoms with Crippen molar-refractivity contribution in [1.29, 1.82) is 0 Å². The Morgan fingerprint density at radius 3 is 3.23 bits per heavy atom. The molecule has 2 heterocycles. The topological polar surface area (TPSA) is 24.9 Å². The van der Waals surface area contributed by atoms with Crippen molar-refractivity contribution in [1.82, 2.24) is 4.98 Å². The van der Waals surface area contributed by atoms with Crippen LogP contribution in [-0.2, 0) is 0 Å². The third kappa shape index (κ3) is 2.15.